The van der Waals surface area contributed by atoms with Crippen LogP contribution in [0.1, 0.15) is 24.5 Å². The lowest BCUT2D eigenvalue weighted by atomic mass is 9.94. The number of hydrogen-bond donors (Lipinski definition) is 3. The summed E-state index contributed by atoms with van der Waals surface area (Å²) in [6, 6.07) is 26.8. The van der Waals surface area contributed by atoms with Gasteiger partial charge >= 0.3 is 12.1 Å². The minimum absolute atomic E-state index is 0.104. The van der Waals surface area contributed by atoms with Gasteiger partial charge in [0.2, 0.25) is 0 Å². The topological polar surface area (TPSA) is 105 Å². The number of anilines is 1. The van der Waals surface area contributed by atoms with Gasteiger partial charge in [0.05, 0.1) is 0 Å². The predicted molar refractivity (Wildman–Crippen MR) is 149 cm³/mol. The smallest absolute Gasteiger partial charge is 0.412 e. The van der Waals surface area contributed by atoms with E-state index in [0.717, 1.165) is 10.5 Å². The molecule has 8 heteroatoms. The van der Waals surface area contributed by atoms with Gasteiger partial charge in [-0.1, -0.05) is 70.5 Å². The number of carboxylic acid groups (broad SMARTS) is 1. The van der Waals surface area contributed by atoms with E-state index in [9.17, 15) is 14.7 Å². The summed E-state index contributed by atoms with van der Waals surface area (Å²) in [6.45, 7) is 0. The molecule has 38 heavy (non-hydrogen) atoms. The number of halogens is 1. The molecule has 0 aliphatic heterocycles. The summed E-state index contributed by atoms with van der Waals surface area (Å²) in [6.07, 6.45) is 1.08. The summed E-state index contributed by atoms with van der Waals surface area (Å²) in [4.78, 5) is 24.1. The Kier molecular flexibility index (Phi) is 9.00. The fourth-order valence-corrected chi connectivity index (χ4v) is 4.35. The Morgan fingerprint density at radius 2 is 1.58 bits per heavy atom. The summed E-state index contributed by atoms with van der Waals surface area (Å²) in [7, 11) is 0. The molecule has 1 amide bonds. The molecular weight excluding hydrogens is 550 g/mol. The van der Waals surface area contributed by atoms with Gasteiger partial charge < -0.3 is 19.7 Å². The maximum Gasteiger partial charge on any atom is 0.412 e. The highest BCUT2D eigenvalue weighted by molar-refractivity contribution is 9.10. The first-order chi connectivity index (χ1) is 18.4. The third kappa shape index (κ3) is 7.14. The lowest BCUT2D eigenvalue weighted by Gasteiger charge is -2.29. The predicted octanol–water partition coefficient (Wildman–Crippen LogP) is 7.47. The van der Waals surface area contributed by atoms with Crippen molar-refractivity contribution in [1.29, 1.82) is 0 Å². The van der Waals surface area contributed by atoms with Crippen LogP contribution in [0.15, 0.2) is 108 Å². The van der Waals surface area contributed by atoms with Crippen LogP contribution in [0.4, 0.5) is 10.5 Å². The fourth-order valence-electron chi connectivity index (χ4n) is 4.08. The number of hydrogen-bond acceptors (Lipinski definition) is 5. The van der Waals surface area contributed by atoms with E-state index in [1.165, 1.54) is 6.08 Å². The van der Waals surface area contributed by atoms with Crippen molar-refractivity contribution in [2.45, 2.75) is 25.0 Å². The van der Waals surface area contributed by atoms with Gasteiger partial charge in [0.15, 0.2) is 6.10 Å². The number of rotatable bonds is 10. The Labute approximate surface area is 228 Å². The van der Waals surface area contributed by atoms with Crippen LogP contribution >= 0.6 is 15.9 Å². The number of aliphatic carboxylic acids is 1. The third-order valence-corrected chi connectivity index (χ3v) is 6.34. The lowest BCUT2D eigenvalue weighted by molar-refractivity contribution is -0.131. The normalized spacial score (nSPS) is 12.7. The number of para-hydroxylation sites is 1. The molecule has 0 saturated carbocycles. The van der Waals surface area contributed by atoms with Gasteiger partial charge in [-0.05, 0) is 60.7 Å². The van der Waals surface area contributed by atoms with Crippen LogP contribution in [-0.2, 0) is 9.53 Å². The van der Waals surface area contributed by atoms with Gasteiger partial charge in [-0.3, -0.25) is 5.32 Å². The Bertz CT molecular complexity index is 1420. The van der Waals surface area contributed by atoms with Crippen molar-refractivity contribution in [3.63, 3.8) is 0 Å². The van der Waals surface area contributed by atoms with E-state index in [1.54, 1.807) is 54.6 Å². The highest BCUT2D eigenvalue weighted by Gasteiger charge is 2.30. The lowest BCUT2D eigenvalue weighted by Crippen LogP contribution is -2.31. The quantitative estimate of drug-likeness (QED) is 0.169. The number of allylic oxidation sites excluding steroid dienone is 1. The molecule has 0 aliphatic carbocycles. The van der Waals surface area contributed by atoms with Gasteiger partial charge in [-0.25, -0.2) is 9.59 Å². The molecule has 3 N–H and O–H groups in total. The standard InChI is InChI=1S/C30H26BrNO6/c31-20-14-16-21(17-15-20)32-30(36)38-29(25-18-19-26(33)24-11-5-4-10-23(24)25)27(12-6-7-13-28(34)35)37-22-8-2-1-3-9-22/h1-5,7-11,13-19,27,29,33H,6,12H2,(H,32,36)(H,34,35)/b13-7+/t27-,29-/m0/s1. The zero-order valence-corrected chi connectivity index (χ0v) is 21.9. The first kappa shape index (κ1) is 26.8. The second kappa shape index (κ2) is 12.8. The first-order valence-electron chi connectivity index (χ1n) is 12.0. The van der Waals surface area contributed by atoms with Crippen molar-refractivity contribution in [2.24, 2.45) is 0 Å². The number of amides is 1. The number of phenolic OH excluding ortho intramolecular Hbond substituents is 1. The van der Waals surface area contributed by atoms with Crippen LogP contribution < -0.4 is 10.1 Å². The summed E-state index contributed by atoms with van der Waals surface area (Å²) in [5.41, 5.74) is 1.20. The minimum Gasteiger partial charge on any atom is -0.507 e. The third-order valence-electron chi connectivity index (χ3n) is 5.81. The Balaban J connectivity index is 1.72. The van der Waals surface area contributed by atoms with Crippen molar-refractivity contribution in [1.82, 2.24) is 0 Å². The monoisotopic (exact) mass is 575 g/mol. The van der Waals surface area contributed by atoms with Crippen molar-refractivity contribution in [3.05, 3.63) is 113 Å². The van der Waals surface area contributed by atoms with Gasteiger partial charge in [0.1, 0.15) is 17.6 Å². The number of nitrogens with one attached hydrogen (secondary N) is 1. The Morgan fingerprint density at radius 1 is 0.895 bits per heavy atom. The molecule has 0 saturated heterocycles. The molecule has 4 aromatic rings. The van der Waals surface area contributed by atoms with Crippen LogP contribution in [0.25, 0.3) is 10.8 Å². The zero-order valence-electron chi connectivity index (χ0n) is 20.3. The van der Waals surface area contributed by atoms with Crippen LogP contribution in [0, 0.1) is 0 Å². The van der Waals surface area contributed by atoms with Crippen LogP contribution in [0.5, 0.6) is 11.5 Å². The molecule has 0 unspecified atom stereocenters. The Hall–Kier alpha value is -4.30. The van der Waals surface area contributed by atoms with Crippen molar-refractivity contribution < 1.29 is 29.3 Å². The molecule has 0 heterocycles. The number of benzene rings is 4. The van der Waals surface area contributed by atoms with Gasteiger partial charge in [-0.15, -0.1) is 0 Å². The molecule has 7 nitrogen and oxygen atoms in total. The molecule has 194 valence electrons. The molecule has 0 bridgehead atoms. The van der Waals surface area contributed by atoms with Gasteiger partial charge in [-0.2, -0.15) is 0 Å². The summed E-state index contributed by atoms with van der Waals surface area (Å²) in [5, 5.41) is 23.5. The van der Waals surface area contributed by atoms with Crippen LogP contribution in [0.3, 0.4) is 0 Å². The zero-order chi connectivity index (χ0) is 26.9. The second-order valence-electron chi connectivity index (χ2n) is 8.46. The van der Waals surface area contributed by atoms with E-state index < -0.39 is 24.3 Å². The van der Waals surface area contributed by atoms with Crippen molar-refractivity contribution in [2.75, 3.05) is 5.32 Å². The molecule has 0 radical (unpaired) electrons. The number of aromatic hydroxyl groups is 1. The number of fused-ring (bicyclic) bond motifs is 1. The Morgan fingerprint density at radius 3 is 2.29 bits per heavy atom. The molecule has 0 spiro atoms. The highest BCUT2D eigenvalue weighted by atomic mass is 79.9. The number of carbonyl (C=O) groups excluding carboxylic acids is 1. The van der Waals surface area contributed by atoms with Crippen molar-refractivity contribution >= 4 is 44.5 Å². The van der Waals surface area contributed by atoms with Crippen LogP contribution in [0.2, 0.25) is 0 Å². The van der Waals surface area contributed by atoms with Gasteiger partial charge in [0, 0.05) is 27.2 Å². The largest absolute Gasteiger partial charge is 0.507 e. The number of phenols is 1. The molecule has 2 atom stereocenters. The molecular formula is C30H26BrNO6. The van der Waals surface area contributed by atoms with E-state index in [4.69, 9.17) is 14.6 Å². The molecule has 4 aromatic carbocycles. The minimum atomic E-state index is -1.04. The van der Waals surface area contributed by atoms with E-state index in [1.807, 2.05) is 36.4 Å². The summed E-state index contributed by atoms with van der Waals surface area (Å²) in [5.74, 6) is -0.367. The highest BCUT2D eigenvalue weighted by Crippen LogP contribution is 2.36. The SMILES string of the molecule is O=C(O)/C=C/CC[C@H](Oc1ccccc1)[C@@H](OC(=O)Nc1ccc(Br)cc1)c1ccc(O)c2ccccc12. The van der Waals surface area contributed by atoms with E-state index in [0.29, 0.717) is 40.6 Å². The average molecular weight is 576 g/mol. The van der Waals surface area contributed by atoms with E-state index in [2.05, 4.69) is 21.2 Å². The average Bonchev–Trinajstić information content (AvgIpc) is 2.91. The maximum atomic E-state index is 13.1. The number of carbonyl (C=O) groups is 2. The van der Waals surface area contributed by atoms with E-state index in [-0.39, 0.29) is 5.75 Å². The maximum absolute atomic E-state index is 13.1. The van der Waals surface area contributed by atoms with Crippen LogP contribution in [-0.4, -0.2) is 28.4 Å². The fraction of sp³-hybridized carbons (Fsp3) is 0.133. The van der Waals surface area contributed by atoms with E-state index >= 15 is 0 Å². The number of ether oxygens (including phenoxy) is 2. The molecule has 0 aliphatic rings. The van der Waals surface area contributed by atoms with Gasteiger partial charge in [0.25, 0.3) is 0 Å². The molecule has 0 fully saturated rings. The summed E-state index contributed by atoms with van der Waals surface area (Å²) < 4.78 is 13.2. The van der Waals surface area contributed by atoms with Crippen molar-refractivity contribution in [3.8, 4) is 11.5 Å². The molecule has 0 aromatic heterocycles. The molecule has 4 rings (SSSR count). The first-order valence-corrected chi connectivity index (χ1v) is 12.7. The second-order valence-corrected chi connectivity index (χ2v) is 9.38. The number of carboxylic acids is 1. The summed E-state index contributed by atoms with van der Waals surface area (Å²) >= 11 is 3.38.